The third-order valence-electron chi connectivity index (χ3n) is 3.53. The van der Waals surface area contributed by atoms with Gasteiger partial charge in [-0.05, 0) is 31.2 Å². The lowest BCUT2D eigenvalue weighted by molar-refractivity contribution is 0.0527. The number of carbonyl (C=O) groups excluding carboxylic acids is 1. The second-order valence-corrected chi connectivity index (χ2v) is 5.35. The zero-order chi connectivity index (χ0) is 18.2. The van der Waals surface area contributed by atoms with Gasteiger partial charge in [0.25, 0.3) is 0 Å². The second-order valence-electron chi connectivity index (χ2n) is 5.35. The van der Waals surface area contributed by atoms with E-state index in [9.17, 15) is 4.79 Å². The van der Waals surface area contributed by atoms with Crippen LogP contribution in [0.2, 0.25) is 0 Å². The smallest absolute Gasteiger partial charge is 0.340 e. The molecule has 0 aliphatic heterocycles. The lowest BCUT2D eigenvalue weighted by Gasteiger charge is -2.11. The lowest BCUT2D eigenvalue weighted by Crippen LogP contribution is -2.08. The fourth-order valence-electron chi connectivity index (χ4n) is 2.32. The highest BCUT2D eigenvalue weighted by molar-refractivity contribution is 5.96. The molecule has 7 heteroatoms. The molecule has 2 aromatic heterocycles. The number of anilines is 3. The van der Waals surface area contributed by atoms with Gasteiger partial charge in [-0.25, -0.2) is 14.8 Å². The van der Waals surface area contributed by atoms with Crippen LogP contribution in [0.5, 0.6) is 0 Å². The van der Waals surface area contributed by atoms with Gasteiger partial charge in [0.2, 0.25) is 0 Å². The largest absolute Gasteiger partial charge is 0.462 e. The number of aromatic nitrogens is 3. The Labute approximate surface area is 151 Å². The Balaban J connectivity index is 1.72. The van der Waals surface area contributed by atoms with Crippen LogP contribution >= 0.6 is 0 Å². The molecular formula is C19H19N5O2. The van der Waals surface area contributed by atoms with Crippen LogP contribution in [-0.4, -0.2) is 27.5 Å². The highest BCUT2D eigenvalue weighted by atomic mass is 16.5. The fourth-order valence-corrected chi connectivity index (χ4v) is 2.32. The average Bonchev–Trinajstić information content (AvgIpc) is 2.68. The van der Waals surface area contributed by atoms with Gasteiger partial charge in [-0.15, -0.1) is 0 Å². The monoisotopic (exact) mass is 349 g/mol. The number of rotatable bonds is 7. The summed E-state index contributed by atoms with van der Waals surface area (Å²) in [6.45, 7) is 2.65. The summed E-state index contributed by atoms with van der Waals surface area (Å²) in [5.41, 5.74) is 1.99. The first-order valence-electron chi connectivity index (χ1n) is 8.25. The molecule has 0 bridgehead atoms. The van der Waals surface area contributed by atoms with Crippen LogP contribution in [0.25, 0.3) is 0 Å². The number of para-hydroxylation sites is 1. The fraction of sp³-hybridized carbons (Fsp3) is 0.158. The third kappa shape index (κ3) is 4.54. The van der Waals surface area contributed by atoms with Crippen molar-refractivity contribution in [3.8, 4) is 0 Å². The highest BCUT2D eigenvalue weighted by Crippen LogP contribution is 2.21. The molecule has 132 valence electrons. The third-order valence-corrected chi connectivity index (χ3v) is 3.53. The first-order valence-corrected chi connectivity index (χ1v) is 8.25. The summed E-state index contributed by atoms with van der Waals surface area (Å²) in [6, 6.07) is 14.6. The molecule has 26 heavy (non-hydrogen) atoms. The van der Waals surface area contributed by atoms with E-state index in [-0.39, 0.29) is 5.97 Å². The Hall–Kier alpha value is -3.48. The molecule has 2 heterocycles. The average molecular weight is 349 g/mol. The summed E-state index contributed by atoms with van der Waals surface area (Å²) in [7, 11) is 0. The maximum absolute atomic E-state index is 12.1. The molecular weight excluding hydrogens is 330 g/mol. The minimum absolute atomic E-state index is 0.322. The number of hydrogen-bond donors (Lipinski definition) is 2. The molecule has 0 atom stereocenters. The topological polar surface area (TPSA) is 89.0 Å². The van der Waals surface area contributed by atoms with Gasteiger partial charge >= 0.3 is 5.97 Å². The summed E-state index contributed by atoms with van der Waals surface area (Å²) >= 11 is 0. The van der Waals surface area contributed by atoms with Crippen LogP contribution in [0.1, 0.15) is 23.0 Å². The number of nitrogens with zero attached hydrogens (tertiary/aromatic N) is 3. The van der Waals surface area contributed by atoms with Crippen molar-refractivity contribution < 1.29 is 9.53 Å². The van der Waals surface area contributed by atoms with Gasteiger partial charge in [0.05, 0.1) is 30.1 Å². The van der Waals surface area contributed by atoms with Gasteiger partial charge in [0.15, 0.2) is 0 Å². The minimum Gasteiger partial charge on any atom is -0.462 e. The Morgan fingerprint density at radius 3 is 2.65 bits per heavy atom. The van der Waals surface area contributed by atoms with Crippen molar-refractivity contribution in [2.45, 2.75) is 13.5 Å². The molecule has 0 saturated carbocycles. The first-order chi connectivity index (χ1) is 12.8. The van der Waals surface area contributed by atoms with Crippen molar-refractivity contribution in [3.63, 3.8) is 0 Å². The van der Waals surface area contributed by atoms with Crippen molar-refractivity contribution in [2.24, 2.45) is 0 Å². The van der Waals surface area contributed by atoms with Crippen molar-refractivity contribution in [2.75, 3.05) is 17.2 Å². The molecule has 3 aromatic rings. The van der Waals surface area contributed by atoms with Crippen molar-refractivity contribution in [1.82, 2.24) is 15.0 Å². The van der Waals surface area contributed by atoms with Crippen LogP contribution in [0.15, 0.2) is 61.1 Å². The van der Waals surface area contributed by atoms with Gasteiger partial charge in [0.1, 0.15) is 18.0 Å². The normalized spacial score (nSPS) is 10.2. The molecule has 1 aromatic carbocycles. The van der Waals surface area contributed by atoms with Gasteiger partial charge in [-0.3, -0.25) is 4.98 Å². The maximum atomic E-state index is 12.1. The summed E-state index contributed by atoms with van der Waals surface area (Å²) < 4.78 is 5.09. The number of ether oxygens (including phenoxy) is 1. The Morgan fingerprint density at radius 2 is 1.85 bits per heavy atom. The van der Waals surface area contributed by atoms with E-state index in [4.69, 9.17) is 4.74 Å². The highest BCUT2D eigenvalue weighted by Gasteiger charge is 2.12. The molecule has 0 fully saturated rings. The van der Waals surface area contributed by atoms with Crippen LogP contribution in [0.3, 0.4) is 0 Å². The van der Waals surface area contributed by atoms with Gasteiger partial charge < -0.3 is 15.4 Å². The molecule has 0 saturated heterocycles. The number of pyridine rings is 1. The molecule has 0 unspecified atom stereocenters. The molecule has 3 rings (SSSR count). The van der Waals surface area contributed by atoms with Crippen LogP contribution in [0, 0.1) is 0 Å². The lowest BCUT2D eigenvalue weighted by atomic mass is 10.2. The molecule has 0 aliphatic rings. The van der Waals surface area contributed by atoms with E-state index in [2.05, 4.69) is 25.6 Å². The predicted molar refractivity (Wildman–Crippen MR) is 99.3 cm³/mol. The van der Waals surface area contributed by atoms with Crippen LogP contribution in [-0.2, 0) is 11.3 Å². The standard InChI is InChI=1S/C19H19N5O2/c1-2-26-19(25)15-8-3-4-9-16(15)24-18-11-17(22-13-23-18)21-12-14-7-5-6-10-20-14/h3-11,13H,2,12H2,1H3,(H2,21,22,23,24). The van der Waals surface area contributed by atoms with Gasteiger partial charge in [0, 0.05) is 12.3 Å². The minimum atomic E-state index is -0.377. The van der Waals surface area contributed by atoms with E-state index >= 15 is 0 Å². The van der Waals surface area contributed by atoms with E-state index < -0.39 is 0 Å². The second kappa shape index (κ2) is 8.57. The first kappa shape index (κ1) is 17.3. The molecule has 0 aliphatic carbocycles. The zero-order valence-corrected chi connectivity index (χ0v) is 14.3. The van der Waals surface area contributed by atoms with Gasteiger partial charge in [-0.2, -0.15) is 0 Å². The predicted octanol–water partition coefficient (Wildman–Crippen LogP) is 3.40. The van der Waals surface area contributed by atoms with E-state index in [1.54, 1.807) is 37.4 Å². The Morgan fingerprint density at radius 1 is 1.04 bits per heavy atom. The SMILES string of the molecule is CCOC(=O)c1ccccc1Nc1cc(NCc2ccccn2)ncn1. The maximum Gasteiger partial charge on any atom is 0.340 e. The Kier molecular flexibility index (Phi) is 5.72. The number of esters is 1. The summed E-state index contributed by atoms with van der Waals surface area (Å²) in [4.78, 5) is 24.7. The number of nitrogens with one attached hydrogen (secondary N) is 2. The zero-order valence-electron chi connectivity index (χ0n) is 14.3. The van der Waals surface area contributed by atoms with Crippen LogP contribution < -0.4 is 10.6 Å². The van der Waals surface area contributed by atoms with Gasteiger partial charge in [-0.1, -0.05) is 18.2 Å². The number of benzene rings is 1. The molecule has 0 radical (unpaired) electrons. The number of carbonyl (C=O) groups is 1. The molecule has 7 nitrogen and oxygen atoms in total. The summed E-state index contributed by atoms with van der Waals surface area (Å²) in [6.07, 6.45) is 3.20. The van der Waals surface area contributed by atoms with E-state index in [1.807, 2.05) is 24.3 Å². The quantitative estimate of drug-likeness (QED) is 0.632. The summed E-state index contributed by atoms with van der Waals surface area (Å²) in [5, 5.41) is 6.34. The van der Waals surface area contributed by atoms with Crippen molar-refractivity contribution >= 4 is 23.3 Å². The van der Waals surface area contributed by atoms with E-state index in [1.165, 1.54) is 6.33 Å². The van der Waals surface area contributed by atoms with E-state index in [0.717, 1.165) is 5.69 Å². The van der Waals surface area contributed by atoms with Crippen LogP contribution in [0.4, 0.5) is 17.3 Å². The summed E-state index contributed by atoms with van der Waals surface area (Å²) in [5.74, 6) is 0.847. The van der Waals surface area contributed by atoms with Crippen molar-refractivity contribution in [3.05, 3.63) is 72.3 Å². The molecule has 0 amide bonds. The molecule has 0 spiro atoms. The Bertz CT molecular complexity index is 871. The van der Waals surface area contributed by atoms with Crippen molar-refractivity contribution in [1.29, 1.82) is 0 Å². The molecule has 2 N–H and O–H groups in total. The van der Waals surface area contributed by atoms with E-state index in [0.29, 0.717) is 36.0 Å². The number of hydrogen-bond acceptors (Lipinski definition) is 7.